The molecular weight excluding hydrogens is 214 g/mol. The Kier molecular flexibility index (Phi) is 2.82. The number of carbonyl (C=O) groups is 1. The fourth-order valence-corrected chi connectivity index (χ4v) is 1.72. The Labute approximate surface area is 93.3 Å². The van der Waals surface area contributed by atoms with Gasteiger partial charge in [-0.3, -0.25) is 4.79 Å². The summed E-state index contributed by atoms with van der Waals surface area (Å²) < 4.78 is 4.91. The van der Waals surface area contributed by atoms with Crippen LogP contribution in [0.3, 0.4) is 0 Å². The molecule has 1 heterocycles. The highest BCUT2D eigenvalue weighted by Crippen LogP contribution is 2.29. The highest BCUT2D eigenvalue weighted by Gasteiger charge is 2.33. The number of nitrogens with zero attached hydrogens (tertiary/aromatic N) is 1. The highest BCUT2D eigenvalue weighted by atomic mass is 35.5. The molecule has 15 heavy (non-hydrogen) atoms. The Morgan fingerprint density at radius 2 is 2.47 bits per heavy atom. The van der Waals surface area contributed by atoms with E-state index in [4.69, 9.17) is 16.0 Å². The summed E-state index contributed by atoms with van der Waals surface area (Å²) in [6, 6.07) is 1.95. The van der Waals surface area contributed by atoms with Crippen molar-refractivity contribution in [2.75, 3.05) is 6.54 Å². The molecule has 0 radical (unpaired) electrons. The Balaban J connectivity index is 2.17. The Bertz CT molecular complexity index is 382. The molecule has 0 spiro atoms. The van der Waals surface area contributed by atoms with Gasteiger partial charge in [0.15, 0.2) is 0 Å². The maximum atomic E-state index is 12.0. The van der Waals surface area contributed by atoms with Crippen LogP contribution < -0.4 is 0 Å². The molecule has 0 aromatic carbocycles. The summed E-state index contributed by atoms with van der Waals surface area (Å²) in [5.41, 5.74) is 0.436. The van der Waals surface area contributed by atoms with Crippen LogP contribution in [0.4, 0.5) is 0 Å². The van der Waals surface area contributed by atoms with Crippen molar-refractivity contribution in [1.29, 1.82) is 0 Å². The molecule has 1 aliphatic carbocycles. The molecular formula is C11H12ClNO2. The third kappa shape index (κ3) is 2.07. The third-order valence-electron chi connectivity index (χ3n) is 2.42. The van der Waals surface area contributed by atoms with Crippen LogP contribution in [-0.4, -0.2) is 23.4 Å². The van der Waals surface area contributed by atoms with Crippen LogP contribution in [0.15, 0.2) is 29.4 Å². The molecule has 0 unspecified atom stereocenters. The third-order valence-corrected chi connectivity index (χ3v) is 2.72. The average Bonchev–Trinajstić information content (AvgIpc) is 2.97. The predicted octanol–water partition coefficient (Wildman–Crippen LogP) is 2.72. The minimum atomic E-state index is -0.0730. The molecule has 0 atom stereocenters. The van der Waals surface area contributed by atoms with Gasteiger partial charge in [-0.1, -0.05) is 6.08 Å². The van der Waals surface area contributed by atoms with Crippen molar-refractivity contribution in [3.63, 3.8) is 0 Å². The van der Waals surface area contributed by atoms with E-state index in [1.165, 1.54) is 6.26 Å². The lowest BCUT2D eigenvalue weighted by molar-refractivity contribution is 0.0762. The zero-order chi connectivity index (χ0) is 10.8. The maximum absolute atomic E-state index is 12.0. The van der Waals surface area contributed by atoms with Gasteiger partial charge in [-0.2, -0.15) is 0 Å². The molecule has 2 rings (SSSR count). The van der Waals surface area contributed by atoms with Crippen LogP contribution in [0.25, 0.3) is 0 Å². The second-order valence-corrected chi connectivity index (χ2v) is 3.93. The molecule has 3 nitrogen and oxygen atoms in total. The van der Waals surface area contributed by atoms with Gasteiger partial charge in [-0.15, -0.1) is 6.58 Å². The fourth-order valence-electron chi connectivity index (χ4n) is 1.52. The number of halogens is 1. The normalized spacial score (nSPS) is 15.0. The van der Waals surface area contributed by atoms with E-state index in [1.54, 1.807) is 17.0 Å². The number of rotatable bonds is 4. The molecule has 0 bridgehead atoms. The molecule has 0 N–H and O–H groups in total. The monoisotopic (exact) mass is 225 g/mol. The van der Waals surface area contributed by atoms with Gasteiger partial charge in [0, 0.05) is 12.6 Å². The summed E-state index contributed by atoms with van der Waals surface area (Å²) in [4.78, 5) is 13.8. The van der Waals surface area contributed by atoms with E-state index in [2.05, 4.69) is 6.58 Å². The zero-order valence-corrected chi connectivity index (χ0v) is 9.04. The van der Waals surface area contributed by atoms with E-state index in [9.17, 15) is 4.79 Å². The summed E-state index contributed by atoms with van der Waals surface area (Å²) in [5.74, 6) is -0.0730. The molecule has 1 amide bonds. The summed E-state index contributed by atoms with van der Waals surface area (Å²) in [7, 11) is 0. The number of hydrogen-bond donors (Lipinski definition) is 0. The van der Waals surface area contributed by atoms with Crippen molar-refractivity contribution < 1.29 is 9.21 Å². The topological polar surface area (TPSA) is 33.5 Å². The molecule has 80 valence electrons. The molecule has 0 saturated heterocycles. The molecule has 4 heteroatoms. The Hall–Kier alpha value is -1.22. The van der Waals surface area contributed by atoms with Gasteiger partial charge in [0.25, 0.3) is 5.91 Å². The van der Waals surface area contributed by atoms with Gasteiger partial charge in [0.2, 0.25) is 5.22 Å². The quantitative estimate of drug-likeness (QED) is 0.739. The molecule has 1 aliphatic rings. The number of amides is 1. The Morgan fingerprint density at radius 1 is 1.73 bits per heavy atom. The second kappa shape index (κ2) is 4.11. The van der Waals surface area contributed by atoms with Crippen LogP contribution in [-0.2, 0) is 0 Å². The van der Waals surface area contributed by atoms with Crippen molar-refractivity contribution in [3.8, 4) is 0 Å². The van der Waals surface area contributed by atoms with Crippen molar-refractivity contribution in [3.05, 3.63) is 35.8 Å². The van der Waals surface area contributed by atoms with Crippen LogP contribution in [0.5, 0.6) is 0 Å². The first-order valence-corrected chi connectivity index (χ1v) is 5.26. The molecule has 1 fully saturated rings. The van der Waals surface area contributed by atoms with Gasteiger partial charge in [-0.25, -0.2) is 0 Å². The number of hydrogen-bond acceptors (Lipinski definition) is 2. The van der Waals surface area contributed by atoms with Crippen molar-refractivity contribution >= 4 is 17.5 Å². The minimum absolute atomic E-state index is 0.0730. The average molecular weight is 226 g/mol. The lowest BCUT2D eigenvalue weighted by Crippen LogP contribution is -2.33. The van der Waals surface area contributed by atoms with Gasteiger partial charge in [0.1, 0.15) is 0 Å². The van der Waals surface area contributed by atoms with E-state index in [0.29, 0.717) is 18.2 Å². The largest absolute Gasteiger partial charge is 0.452 e. The van der Waals surface area contributed by atoms with E-state index in [-0.39, 0.29) is 11.1 Å². The highest BCUT2D eigenvalue weighted by molar-refractivity contribution is 6.32. The zero-order valence-electron chi connectivity index (χ0n) is 8.28. The smallest absolute Gasteiger partial charge is 0.259 e. The van der Waals surface area contributed by atoms with E-state index in [0.717, 1.165) is 12.8 Å². The number of furan rings is 1. The van der Waals surface area contributed by atoms with E-state index < -0.39 is 0 Å². The van der Waals surface area contributed by atoms with Crippen LogP contribution >= 0.6 is 11.6 Å². The van der Waals surface area contributed by atoms with Gasteiger partial charge < -0.3 is 9.32 Å². The minimum Gasteiger partial charge on any atom is -0.452 e. The summed E-state index contributed by atoms with van der Waals surface area (Å²) in [6.45, 7) is 4.21. The van der Waals surface area contributed by atoms with Gasteiger partial charge in [0.05, 0.1) is 11.8 Å². The lowest BCUT2D eigenvalue weighted by atomic mass is 10.3. The summed E-state index contributed by atoms with van der Waals surface area (Å²) in [6.07, 6.45) is 5.28. The van der Waals surface area contributed by atoms with Crippen molar-refractivity contribution in [1.82, 2.24) is 4.90 Å². The molecule has 1 aromatic rings. The van der Waals surface area contributed by atoms with E-state index in [1.807, 2.05) is 0 Å². The first kappa shape index (κ1) is 10.3. The summed E-state index contributed by atoms with van der Waals surface area (Å²) >= 11 is 5.76. The van der Waals surface area contributed by atoms with Gasteiger partial charge >= 0.3 is 0 Å². The molecule has 1 aromatic heterocycles. The van der Waals surface area contributed by atoms with Crippen molar-refractivity contribution in [2.45, 2.75) is 18.9 Å². The predicted molar refractivity (Wildman–Crippen MR) is 58.0 cm³/mol. The van der Waals surface area contributed by atoms with Crippen LogP contribution in [0.1, 0.15) is 23.2 Å². The van der Waals surface area contributed by atoms with E-state index >= 15 is 0 Å². The van der Waals surface area contributed by atoms with Gasteiger partial charge in [-0.05, 0) is 30.5 Å². The van der Waals surface area contributed by atoms with Crippen LogP contribution in [0.2, 0.25) is 5.22 Å². The SMILES string of the molecule is C=CCN(C(=O)c1ccoc1Cl)C1CC1. The second-order valence-electron chi connectivity index (χ2n) is 3.59. The van der Waals surface area contributed by atoms with Crippen molar-refractivity contribution in [2.24, 2.45) is 0 Å². The Morgan fingerprint density at radius 3 is 2.93 bits per heavy atom. The number of carbonyl (C=O) groups excluding carboxylic acids is 1. The first-order chi connectivity index (χ1) is 7.24. The standard InChI is InChI=1S/C11H12ClNO2/c1-2-6-13(8-3-4-8)11(14)9-5-7-15-10(9)12/h2,5,7-8H,1,3-4,6H2. The molecule has 0 aliphatic heterocycles. The molecule has 1 saturated carbocycles. The van der Waals surface area contributed by atoms with Crippen LogP contribution in [0, 0.1) is 0 Å². The first-order valence-electron chi connectivity index (χ1n) is 4.89. The lowest BCUT2D eigenvalue weighted by Gasteiger charge is -2.19. The summed E-state index contributed by atoms with van der Waals surface area (Å²) in [5, 5.41) is 0.162. The fraction of sp³-hybridized carbons (Fsp3) is 0.364. The maximum Gasteiger partial charge on any atom is 0.259 e.